The van der Waals surface area contributed by atoms with E-state index in [0.29, 0.717) is 11.3 Å². The van der Waals surface area contributed by atoms with Crippen molar-refractivity contribution in [3.63, 3.8) is 0 Å². The summed E-state index contributed by atoms with van der Waals surface area (Å²) in [6, 6.07) is 12.3. The van der Waals surface area contributed by atoms with Gasteiger partial charge in [0.25, 0.3) is 5.91 Å². The first-order chi connectivity index (χ1) is 12.3. The van der Waals surface area contributed by atoms with E-state index in [4.69, 9.17) is 0 Å². The van der Waals surface area contributed by atoms with E-state index in [1.165, 1.54) is 6.92 Å². The van der Waals surface area contributed by atoms with E-state index in [1.807, 2.05) is 25.1 Å². The quantitative estimate of drug-likeness (QED) is 0.672. The van der Waals surface area contributed by atoms with Gasteiger partial charge >= 0.3 is 0 Å². The predicted octanol–water partition coefficient (Wildman–Crippen LogP) is 3.47. The molecule has 0 aromatic heterocycles. The third kappa shape index (κ3) is 6.00. The number of hydrogen-bond acceptors (Lipinski definition) is 3. The zero-order valence-electron chi connectivity index (χ0n) is 14.6. The molecule has 2 rings (SSSR count). The lowest BCUT2D eigenvalue weighted by Crippen LogP contribution is -2.27. The molecule has 3 N–H and O–H groups in total. The van der Waals surface area contributed by atoms with Crippen LogP contribution in [0.25, 0.3) is 0 Å². The van der Waals surface area contributed by atoms with Crippen molar-refractivity contribution < 1.29 is 14.4 Å². The Kier molecular flexibility index (Phi) is 6.91. The van der Waals surface area contributed by atoms with Gasteiger partial charge in [0.2, 0.25) is 11.8 Å². The maximum absolute atomic E-state index is 12.2. The molecule has 0 heterocycles. The molecule has 0 spiro atoms. The summed E-state index contributed by atoms with van der Waals surface area (Å²) in [6.45, 7) is 3.52. The second-order valence-corrected chi connectivity index (χ2v) is 6.69. The molecule has 3 amide bonds. The van der Waals surface area contributed by atoms with E-state index in [1.54, 1.807) is 24.3 Å². The first-order valence-electron chi connectivity index (χ1n) is 8.07. The molecule has 7 heteroatoms. The third-order valence-corrected chi connectivity index (χ3v) is 4.05. The van der Waals surface area contributed by atoms with Gasteiger partial charge in [-0.15, -0.1) is 0 Å². The van der Waals surface area contributed by atoms with Crippen LogP contribution < -0.4 is 16.0 Å². The number of hydrogen-bond donors (Lipinski definition) is 3. The maximum atomic E-state index is 12.2. The lowest BCUT2D eigenvalue weighted by Gasteiger charge is -2.10. The van der Waals surface area contributed by atoms with Crippen molar-refractivity contribution in [1.82, 2.24) is 5.32 Å². The molecule has 6 nitrogen and oxygen atoms in total. The molecule has 0 saturated carbocycles. The first kappa shape index (κ1) is 19.7. The Morgan fingerprint density at radius 1 is 1.04 bits per heavy atom. The normalized spacial score (nSPS) is 10.1. The summed E-state index contributed by atoms with van der Waals surface area (Å²) in [5.41, 5.74) is 2.66. The van der Waals surface area contributed by atoms with E-state index >= 15 is 0 Å². The maximum Gasteiger partial charge on any atom is 0.251 e. The number of rotatable bonds is 6. The minimum atomic E-state index is -0.302. The lowest BCUT2D eigenvalue weighted by atomic mass is 10.2. The van der Waals surface area contributed by atoms with E-state index in [-0.39, 0.29) is 30.7 Å². The molecule has 0 aliphatic heterocycles. The van der Waals surface area contributed by atoms with Crippen LogP contribution >= 0.6 is 15.9 Å². The summed E-state index contributed by atoms with van der Waals surface area (Å²) in [5.74, 6) is -0.691. The second-order valence-electron chi connectivity index (χ2n) is 5.78. The third-order valence-electron chi connectivity index (χ3n) is 3.56. The Hall–Kier alpha value is -2.67. The Morgan fingerprint density at radius 3 is 2.54 bits per heavy atom. The molecule has 0 aliphatic carbocycles. The fourth-order valence-electron chi connectivity index (χ4n) is 2.27. The number of anilines is 2. The minimum absolute atomic E-state index is 0.156. The number of carbonyl (C=O) groups excluding carboxylic acids is 3. The lowest BCUT2D eigenvalue weighted by molar-refractivity contribution is -0.116. The number of nitrogens with one attached hydrogen (secondary N) is 3. The van der Waals surface area contributed by atoms with Crippen molar-refractivity contribution in [3.8, 4) is 0 Å². The molecule has 2 aromatic rings. The molecule has 0 saturated heterocycles. The van der Waals surface area contributed by atoms with Gasteiger partial charge in [-0.3, -0.25) is 14.4 Å². The summed E-state index contributed by atoms with van der Waals surface area (Å²) in [6.07, 6.45) is 0.156. The summed E-state index contributed by atoms with van der Waals surface area (Å²) in [4.78, 5) is 35.3. The molecule has 0 fully saturated rings. The second kappa shape index (κ2) is 9.15. The average Bonchev–Trinajstić information content (AvgIpc) is 2.57. The van der Waals surface area contributed by atoms with E-state index in [0.717, 1.165) is 15.7 Å². The fraction of sp³-hybridized carbons (Fsp3) is 0.211. The Labute approximate surface area is 160 Å². The summed E-state index contributed by atoms with van der Waals surface area (Å²) in [5, 5.41) is 8.15. The van der Waals surface area contributed by atoms with Crippen molar-refractivity contribution >= 4 is 45.0 Å². The van der Waals surface area contributed by atoms with E-state index in [2.05, 4.69) is 31.9 Å². The van der Waals surface area contributed by atoms with Crippen molar-refractivity contribution in [3.05, 3.63) is 58.1 Å². The van der Waals surface area contributed by atoms with Crippen LogP contribution in [0.5, 0.6) is 0 Å². The molecular weight excluding hydrogens is 398 g/mol. The largest absolute Gasteiger partial charge is 0.352 e. The van der Waals surface area contributed by atoms with Gasteiger partial charge in [-0.25, -0.2) is 0 Å². The van der Waals surface area contributed by atoms with Crippen molar-refractivity contribution in [2.45, 2.75) is 20.3 Å². The van der Waals surface area contributed by atoms with Crippen LogP contribution in [-0.2, 0) is 9.59 Å². The van der Waals surface area contributed by atoms with Crippen molar-refractivity contribution in [2.24, 2.45) is 0 Å². The Morgan fingerprint density at radius 2 is 1.81 bits per heavy atom. The van der Waals surface area contributed by atoms with Crippen molar-refractivity contribution in [2.75, 3.05) is 17.2 Å². The van der Waals surface area contributed by atoms with Crippen LogP contribution in [0, 0.1) is 6.92 Å². The van der Waals surface area contributed by atoms with Gasteiger partial charge in [0.1, 0.15) is 0 Å². The Balaban J connectivity index is 1.85. The van der Waals surface area contributed by atoms with Crippen LogP contribution in [0.2, 0.25) is 0 Å². The standard InChI is InChI=1S/C19H20BrN3O3/c1-12-6-7-15(20)11-17(12)23-18(25)8-9-21-19(26)14-4-3-5-16(10-14)22-13(2)24/h3-7,10-11H,8-9H2,1-2H3,(H,21,26)(H,22,24)(H,23,25). The molecule has 0 aliphatic rings. The van der Waals surface area contributed by atoms with E-state index in [9.17, 15) is 14.4 Å². The molecule has 2 aromatic carbocycles. The topological polar surface area (TPSA) is 87.3 Å². The highest BCUT2D eigenvalue weighted by Crippen LogP contribution is 2.20. The molecule has 0 radical (unpaired) electrons. The Bertz CT molecular complexity index is 837. The van der Waals surface area contributed by atoms with Crippen LogP contribution in [0.15, 0.2) is 46.9 Å². The average molecular weight is 418 g/mol. The smallest absolute Gasteiger partial charge is 0.251 e. The van der Waals surface area contributed by atoms with Gasteiger partial charge in [0.15, 0.2) is 0 Å². The van der Waals surface area contributed by atoms with Crippen LogP contribution in [-0.4, -0.2) is 24.3 Å². The van der Waals surface area contributed by atoms with Gasteiger partial charge < -0.3 is 16.0 Å². The van der Waals surface area contributed by atoms with Crippen LogP contribution in [0.1, 0.15) is 29.3 Å². The number of aryl methyl sites for hydroxylation is 1. The zero-order chi connectivity index (χ0) is 19.1. The highest BCUT2D eigenvalue weighted by atomic mass is 79.9. The van der Waals surface area contributed by atoms with Gasteiger partial charge in [0, 0.05) is 41.3 Å². The number of carbonyl (C=O) groups is 3. The molecule has 136 valence electrons. The van der Waals surface area contributed by atoms with Gasteiger partial charge in [-0.1, -0.05) is 28.1 Å². The SMILES string of the molecule is CC(=O)Nc1cccc(C(=O)NCCC(=O)Nc2cc(Br)ccc2C)c1. The summed E-state index contributed by atoms with van der Waals surface area (Å²) >= 11 is 3.37. The number of amides is 3. The van der Waals surface area contributed by atoms with Gasteiger partial charge in [-0.2, -0.15) is 0 Å². The monoisotopic (exact) mass is 417 g/mol. The molecule has 0 atom stereocenters. The minimum Gasteiger partial charge on any atom is -0.352 e. The van der Waals surface area contributed by atoms with Crippen molar-refractivity contribution in [1.29, 1.82) is 0 Å². The van der Waals surface area contributed by atoms with Gasteiger partial charge in [-0.05, 0) is 42.8 Å². The summed E-state index contributed by atoms with van der Waals surface area (Å²) < 4.78 is 0.880. The van der Waals surface area contributed by atoms with E-state index < -0.39 is 0 Å². The number of benzene rings is 2. The van der Waals surface area contributed by atoms with Gasteiger partial charge in [0.05, 0.1) is 0 Å². The highest BCUT2D eigenvalue weighted by Gasteiger charge is 2.09. The van der Waals surface area contributed by atoms with Crippen LogP contribution in [0.3, 0.4) is 0 Å². The summed E-state index contributed by atoms with van der Waals surface area (Å²) in [7, 11) is 0. The molecule has 0 unspecified atom stereocenters. The van der Waals surface area contributed by atoms with Crippen LogP contribution in [0.4, 0.5) is 11.4 Å². The first-order valence-corrected chi connectivity index (χ1v) is 8.86. The molecular formula is C19H20BrN3O3. The molecule has 0 bridgehead atoms. The zero-order valence-corrected chi connectivity index (χ0v) is 16.1. The highest BCUT2D eigenvalue weighted by molar-refractivity contribution is 9.10. The fourth-order valence-corrected chi connectivity index (χ4v) is 2.64. The predicted molar refractivity (Wildman–Crippen MR) is 105 cm³/mol. The number of halogens is 1. The molecule has 26 heavy (non-hydrogen) atoms.